The van der Waals surface area contributed by atoms with Gasteiger partial charge < -0.3 is 9.84 Å². The fourth-order valence-corrected chi connectivity index (χ4v) is 3.73. The van der Waals surface area contributed by atoms with E-state index in [0.29, 0.717) is 23.3 Å². The first-order chi connectivity index (χ1) is 13.3. The maximum atomic E-state index is 15.7. The van der Waals surface area contributed by atoms with Crippen molar-refractivity contribution in [1.82, 2.24) is 0 Å². The highest BCUT2D eigenvalue weighted by molar-refractivity contribution is 9.10. The molecule has 3 rings (SSSR count). The molecular weight excluding hydrogens is 423 g/mol. The van der Waals surface area contributed by atoms with Gasteiger partial charge in [0.2, 0.25) is 0 Å². The Morgan fingerprint density at radius 2 is 1.79 bits per heavy atom. The van der Waals surface area contributed by atoms with E-state index in [1.807, 2.05) is 38.1 Å². The summed E-state index contributed by atoms with van der Waals surface area (Å²) in [5.41, 5.74) is 4.51. The molecule has 0 heterocycles. The molecule has 5 heteroatoms. The lowest BCUT2D eigenvalue weighted by molar-refractivity contribution is 0.0697. The number of ether oxygens (including phenoxy) is 1. The number of carbonyl (C=O) groups is 1. The van der Waals surface area contributed by atoms with E-state index in [1.165, 1.54) is 12.1 Å². The highest BCUT2D eigenvalue weighted by atomic mass is 79.9. The van der Waals surface area contributed by atoms with Gasteiger partial charge >= 0.3 is 5.97 Å². The number of hydrogen-bond acceptors (Lipinski definition) is 2. The van der Waals surface area contributed by atoms with E-state index in [2.05, 4.69) is 15.9 Å². The van der Waals surface area contributed by atoms with Gasteiger partial charge in [0.1, 0.15) is 11.6 Å². The Bertz CT molecular complexity index is 1040. The van der Waals surface area contributed by atoms with E-state index < -0.39 is 5.97 Å². The molecule has 144 valence electrons. The van der Waals surface area contributed by atoms with Crippen molar-refractivity contribution in [2.75, 3.05) is 7.11 Å². The molecule has 3 nitrogen and oxygen atoms in total. The van der Waals surface area contributed by atoms with Crippen LogP contribution in [0.2, 0.25) is 0 Å². The molecule has 0 aliphatic rings. The van der Waals surface area contributed by atoms with Gasteiger partial charge in [-0.25, -0.2) is 9.18 Å². The van der Waals surface area contributed by atoms with Gasteiger partial charge in [0.15, 0.2) is 0 Å². The SMILES string of the molecule is COc1c(C)c(C)c(Cc2ccc(C(=O)O)cc2)c(F)c1-c1cccc(Br)c1. The molecule has 0 bridgehead atoms. The number of carboxylic acids is 1. The van der Waals surface area contributed by atoms with E-state index in [0.717, 1.165) is 26.7 Å². The van der Waals surface area contributed by atoms with Gasteiger partial charge in [-0.1, -0.05) is 40.2 Å². The lowest BCUT2D eigenvalue weighted by Crippen LogP contribution is -2.05. The van der Waals surface area contributed by atoms with Crippen molar-refractivity contribution in [3.8, 4) is 16.9 Å². The van der Waals surface area contributed by atoms with Gasteiger partial charge in [-0.3, -0.25) is 0 Å². The van der Waals surface area contributed by atoms with Crippen molar-refractivity contribution < 1.29 is 19.0 Å². The van der Waals surface area contributed by atoms with Crippen LogP contribution < -0.4 is 4.74 Å². The lowest BCUT2D eigenvalue weighted by Gasteiger charge is -2.20. The predicted molar refractivity (Wildman–Crippen MR) is 112 cm³/mol. The summed E-state index contributed by atoms with van der Waals surface area (Å²) in [5, 5.41) is 9.05. The Labute approximate surface area is 171 Å². The summed E-state index contributed by atoms with van der Waals surface area (Å²) in [7, 11) is 1.55. The standard InChI is InChI=1S/C23H20BrFO3/c1-13-14(2)22(28-3)20(17-5-4-6-18(24)12-17)21(25)19(13)11-15-7-9-16(10-8-15)23(26)27/h4-10,12H,11H2,1-3H3,(H,26,27). The number of methoxy groups -OCH3 is 1. The molecule has 0 saturated heterocycles. The fraction of sp³-hybridized carbons (Fsp3) is 0.174. The van der Waals surface area contributed by atoms with Gasteiger partial charge in [0.25, 0.3) is 0 Å². The minimum absolute atomic E-state index is 0.210. The van der Waals surface area contributed by atoms with Gasteiger partial charge in [0, 0.05) is 10.9 Å². The van der Waals surface area contributed by atoms with Crippen LogP contribution in [0.15, 0.2) is 53.0 Å². The van der Waals surface area contributed by atoms with Gasteiger partial charge in [-0.05, 0) is 65.9 Å². The first kappa shape index (κ1) is 20.1. The quantitative estimate of drug-likeness (QED) is 0.513. The Morgan fingerprint density at radius 3 is 2.36 bits per heavy atom. The van der Waals surface area contributed by atoms with Crippen LogP contribution in [0.5, 0.6) is 5.75 Å². The average molecular weight is 443 g/mol. The Hall–Kier alpha value is -2.66. The molecule has 28 heavy (non-hydrogen) atoms. The zero-order valence-corrected chi connectivity index (χ0v) is 17.4. The summed E-state index contributed by atoms with van der Waals surface area (Å²) in [6, 6.07) is 14.0. The predicted octanol–water partition coefficient (Wildman–Crippen LogP) is 6.17. The zero-order chi connectivity index (χ0) is 20.4. The van der Waals surface area contributed by atoms with E-state index in [9.17, 15) is 4.79 Å². The van der Waals surface area contributed by atoms with Crippen LogP contribution in [0, 0.1) is 19.7 Å². The van der Waals surface area contributed by atoms with Crippen molar-refractivity contribution in [3.05, 3.63) is 86.6 Å². The summed E-state index contributed by atoms with van der Waals surface area (Å²) in [6.07, 6.45) is 0.364. The zero-order valence-electron chi connectivity index (χ0n) is 15.8. The Morgan fingerprint density at radius 1 is 1.11 bits per heavy atom. The second-order valence-corrected chi connectivity index (χ2v) is 7.56. The number of aromatic carboxylic acids is 1. The van der Waals surface area contributed by atoms with Crippen molar-refractivity contribution in [3.63, 3.8) is 0 Å². The minimum atomic E-state index is -0.980. The van der Waals surface area contributed by atoms with Crippen LogP contribution in [-0.4, -0.2) is 18.2 Å². The van der Waals surface area contributed by atoms with Crippen LogP contribution in [-0.2, 0) is 6.42 Å². The Balaban J connectivity index is 2.15. The largest absolute Gasteiger partial charge is 0.496 e. The van der Waals surface area contributed by atoms with E-state index in [-0.39, 0.29) is 11.4 Å². The third kappa shape index (κ3) is 3.80. The molecule has 1 N–H and O–H groups in total. The van der Waals surface area contributed by atoms with Crippen LogP contribution in [0.1, 0.15) is 32.6 Å². The number of benzene rings is 3. The second-order valence-electron chi connectivity index (χ2n) is 6.64. The summed E-state index contributed by atoms with van der Waals surface area (Å²) >= 11 is 3.44. The van der Waals surface area contributed by atoms with Crippen LogP contribution in [0.3, 0.4) is 0 Å². The van der Waals surface area contributed by atoms with E-state index in [1.54, 1.807) is 19.2 Å². The molecule has 3 aromatic rings. The lowest BCUT2D eigenvalue weighted by atomic mass is 9.90. The number of halogens is 2. The highest BCUT2D eigenvalue weighted by Gasteiger charge is 2.22. The molecule has 0 aliphatic carbocycles. The first-order valence-corrected chi connectivity index (χ1v) is 9.56. The monoisotopic (exact) mass is 442 g/mol. The van der Waals surface area contributed by atoms with E-state index >= 15 is 4.39 Å². The van der Waals surface area contributed by atoms with Gasteiger partial charge in [-0.2, -0.15) is 0 Å². The number of carboxylic acid groups (broad SMARTS) is 1. The topological polar surface area (TPSA) is 46.5 Å². The van der Waals surface area contributed by atoms with Crippen molar-refractivity contribution >= 4 is 21.9 Å². The molecule has 0 radical (unpaired) electrons. The van der Waals surface area contributed by atoms with Crippen LogP contribution in [0.4, 0.5) is 4.39 Å². The molecule has 0 fully saturated rings. The summed E-state index contributed by atoms with van der Waals surface area (Å²) < 4.78 is 22.1. The molecule has 0 unspecified atom stereocenters. The molecule has 0 spiro atoms. The fourth-order valence-electron chi connectivity index (χ4n) is 3.34. The summed E-state index contributed by atoms with van der Waals surface area (Å²) in [6.45, 7) is 3.80. The molecule has 0 atom stereocenters. The molecular formula is C23H20BrFO3. The smallest absolute Gasteiger partial charge is 0.335 e. The third-order valence-corrected chi connectivity index (χ3v) is 5.46. The molecule has 0 aliphatic heterocycles. The van der Waals surface area contributed by atoms with Crippen LogP contribution in [0.25, 0.3) is 11.1 Å². The molecule has 0 amide bonds. The maximum absolute atomic E-state index is 15.7. The first-order valence-electron chi connectivity index (χ1n) is 8.77. The Kier molecular flexibility index (Phi) is 5.84. The number of rotatable bonds is 5. The summed E-state index contributed by atoms with van der Waals surface area (Å²) in [5.74, 6) is -0.774. The average Bonchev–Trinajstić information content (AvgIpc) is 2.68. The molecule has 0 aromatic heterocycles. The minimum Gasteiger partial charge on any atom is -0.496 e. The second kappa shape index (κ2) is 8.15. The molecule has 0 saturated carbocycles. The highest BCUT2D eigenvalue weighted by Crippen LogP contribution is 2.40. The van der Waals surface area contributed by atoms with Crippen molar-refractivity contribution in [2.24, 2.45) is 0 Å². The summed E-state index contributed by atoms with van der Waals surface area (Å²) in [4.78, 5) is 11.0. The molecule has 3 aromatic carbocycles. The van der Waals surface area contributed by atoms with E-state index in [4.69, 9.17) is 9.84 Å². The third-order valence-electron chi connectivity index (χ3n) is 4.97. The normalized spacial score (nSPS) is 10.8. The maximum Gasteiger partial charge on any atom is 0.335 e. The van der Waals surface area contributed by atoms with Crippen molar-refractivity contribution in [2.45, 2.75) is 20.3 Å². The van der Waals surface area contributed by atoms with Crippen LogP contribution >= 0.6 is 15.9 Å². The van der Waals surface area contributed by atoms with Crippen molar-refractivity contribution in [1.29, 1.82) is 0 Å². The number of hydrogen-bond donors (Lipinski definition) is 1. The van der Waals surface area contributed by atoms with Gasteiger partial charge in [-0.15, -0.1) is 0 Å². The van der Waals surface area contributed by atoms with Gasteiger partial charge in [0.05, 0.1) is 18.2 Å².